The highest BCUT2D eigenvalue weighted by atomic mass is 16.5. The molecule has 0 radical (unpaired) electrons. The Labute approximate surface area is 116 Å². The van der Waals surface area contributed by atoms with Crippen LogP contribution in [-0.2, 0) is 0 Å². The van der Waals surface area contributed by atoms with Crippen molar-refractivity contribution in [2.45, 2.75) is 52.6 Å². The van der Waals surface area contributed by atoms with Gasteiger partial charge in [0.25, 0.3) is 0 Å². The Bertz CT molecular complexity index is 395. The van der Waals surface area contributed by atoms with Gasteiger partial charge in [-0.3, -0.25) is 0 Å². The molecule has 4 nitrogen and oxygen atoms in total. The van der Waals surface area contributed by atoms with Crippen LogP contribution in [0.2, 0.25) is 0 Å². The van der Waals surface area contributed by atoms with Gasteiger partial charge in [-0.1, -0.05) is 26.2 Å². The minimum absolute atomic E-state index is 0.140. The maximum absolute atomic E-state index is 5.58. The van der Waals surface area contributed by atoms with Crippen LogP contribution < -0.4 is 10.1 Å². The largest absolute Gasteiger partial charge is 0.475 e. The number of rotatable bonds is 5. The summed E-state index contributed by atoms with van der Waals surface area (Å²) in [5.41, 5.74) is 0. The van der Waals surface area contributed by atoms with Gasteiger partial charge < -0.3 is 10.1 Å². The molecule has 1 fully saturated rings. The Morgan fingerprint density at radius 3 is 2.89 bits per heavy atom. The second-order valence-electron chi connectivity index (χ2n) is 5.79. The number of hydrogen-bond acceptors (Lipinski definition) is 4. The average Bonchev–Trinajstić information content (AvgIpc) is 2.37. The average molecular weight is 263 g/mol. The highest BCUT2D eigenvalue weighted by Gasteiger charge is 2.21. The highest BCUT2D eigenvalue weighted by molar-refractivity contribution is 5.27. The predicted octanol–water partition coefficient (Wildman–Crippen LogP) is 3.50. The summed E-state index contributed by atoms with van der Waals surface area (Å²) in [4.78, 5) is 8.63. The molecule has 1 aliphatic rings. The molecule has 0 aromatic carbocycles. The van der Waals surface area contributed by atoms with Gasteiger partial charge in [0.1, 0.15) is 0 Å². The summed E-state index contributed by atoms with van der Waals surface area (Å²) in [7, 11) is 0. The summed E-state index contributed by atoms with van der Waals surface area (Å²) >= 11 is 0. The van der Waals surface area contributed by atoms with Gasteiger partial charge in [-0.05, 0) is 32.1 Å². The lowest BCUT2D eigenvalue weighted by molar-refractivity contribution is 0.232. The molecule has 0 aliphatic heterocycles. The van der Waals surface area contributed by atoms with Gasteiger partial charge in [0, 0.05) is 18.8 Å². The van der Waals surface area contributed by atoms with Gasteiger partial charge in [-0.25, -0.2) is 4.98 Å². The van der Waals surface area contributed by atoms with Crippen LogP contribution in [0, 0.1) is 11.8 Å². The van der Waals surface area contributed by atoms with Crippen LogP contribution in [0.25, 0.3) is 0 Å². The Kier molecular flexibility index (Phi) is 5.00. The van der Waals surface area contributed by atoms with Crippen molar-refractivity contribution in [3.63, 3.8) is 0 Å². The molecular weight excluding hydrogens is 238 g/mol. The molecule has 0 saturated heterocycles. The molecule has 19 heavy (non-hydrogen) atoms. The first kappa shape index (κ1) is 14.1. The molecule has 2 unspecified atom stereocenters. The number of ether oxygens (including phenoxy) is 1. The molecule has 4 heteroatoms. The molecule has 106 valence electrons. The maximum Gasteiger partial charge on any atom is 0.225 e. The van der Waals surface area contributed by atoms with Gasteiger partial charge in [-0.15, -0.1) is 0 Å². The van der Waals surface area contributed by atoms with E-state index < -0.39 is 0 Å². The van der Waals surface area contributed by atoms with Crippen LogP contribution in [0.1, 0.15) is 46.5 Å². The molecule has 1 heterocycles. The lowest BCUT2D eigenvalue weighted by Gasteiger charge is -2.28. The first-order chi connectivity index (χ1) is 9.15. The summed E-state index contributed by atoms with van der Waals surface area (Å²) in [5.74, 6) is 2.86. The minimum Gasteiger partial charge on any atom is -0.475 e. The van der Waals surface area contributed by atoms with Crippen molar-refractivity contribution in [1.29, 1.82) is 0 Å². The van der Waals surface area contributed by atoms with E-state index in [0.29, 0.717) is 11.8 Å². The number of nitrogens with zero attached hydrogens (tertiary/aromatic N) is 2. The Balaban J connectivity index is 1.88. The standard InChI is InChI=1S/C15H25N3O/c1-11(2)19-14-8-9-16-15(18-14)17-10-13-7-5-4-6-12(13)3/h8-9,11-13H,4-7,10H2,1-3H3,(H,16,17,18). The van der Waals surface area contributed by atoms with Crippen molar-refractivity contribution >= 4 is 5.95 Å². The monoisotopic (exact) mass is 263 g/mol. The summed E-state index contributed by atoms with van der Waals surface area (Å²) in [6.07, 6.45) is 7.29. The number of nitrogens with one attached hydrogen (secondary N) is 1. The summed E-state index contributed by atoms with van der Waals surface area (Å²) in [6, 6.07) is 1.80. The van der Waals surface area contributed by atoms with Crippen molar-refractivity contribution in [2.24, 2.45) is 11.8 Å². The topological polar surface area (TPSA) is 47.0 Å². The van der Waals surface area contributed by atoms with E-state index >= 15 is 0 Å². The fourth-order valence-corrected chi connectivity index (χ4v) is 2.65. The fraction of sp³-hybridized carbons (Fsp3) is 0.733. The van der Waals surface area contributed by atoms with E-state index in [0.717, 1.165) is 18.4 Å². The molecule has 1 aromatic rings. The molecule has 2 rings (SSSR count). The second kappa shape index (κ2) is 6.73. The minimum atomic E-state index is 0.140. The molecule has 1 N–H and O–H groups in total. The molecule has 1 aliphatic carbocycles. The number of hydrogen-bond donors (Lipinski definition) is 1. The molecule has 0 amide bonds. The van der Waals surface area contributed by atoms with Crippen molar-refractivity contribution in [1.82, 2.24) is 9.97 Å². The zero-order valence-corrected chi connectivity index (χ0v) is 12.2. The van der Waals surface area contributed by atoms with E-state index in [-0.39, 0.29) is 6.10 Å². The number of anilines is 1. The van der Waals surface area contributed by atoms with Gasteiger partial charge in [0.2, 0.25) is 11.8 Å². The van der Waals surface area contributed by atoms with Gasteiger partial charge in [-0.2, -0.15) is 4.98 Å². The van der Waals surface area contributed by atoms with Crippen LogP contribution in [-0.4, -0.2) is 22.6 Å². The van der Waals surface area contributed by atoms with E-state index in [1.165, 1.54) is 25.7 Å². The van der Waals surface area contributed by atoms with E-state index in [2.05, 4.69) is 22.2 Å². The third-order valence-electron chi connectivity index (χ3n) is 3.80. The SMILES string of the molecule is CC(C)Oc1ccnc(NCC2CCCCC2C)n1. The lowest BCUT2D eigenvalue weighted by Crippen LogP contribution is -2.25. The summed E-state index contributed by atoms with van der Waals surface area (Å²) in [6.45, 7) is 7.31. The van der Waals surface area contributed by atoms with Crippen molar-refractivity contribution in [3.8, 4) is 5.88 Å². The highest BCUT2D eigenvalue weighted by Crippen LogP contribution is 2.29. The van der Waals surface area contributed by atoms with Crippen LogP contribution in [0.5, 0.6) is 5.88 Å². The van der Waals surface area contributed by atoms with Crippen LogP contribution in [0.3, 0.4) is 0 Å². The lowest BCUT2D eigenvalue weighted by atomic mass is 9.80. The van der Waals surface area contributed by atoms with Crippen LogP contribution >= 0.6 is 0 Å². The third-order valence-corrected chi connectivity index (χ3v) is 3.80. The van der Waals surface area contributed by atoms with Crippen molar-refractivity contribution in [2.75, 3.05) is 11.9 Å². The maximum atomic E-state index is 5.58. The van der Waals surface area contributed by atoms with E-state index in [1.807, 2.05) is 13.8 Å². The molecule has 1 saturated carbocycles. The van der Waals surface area contributed by atoms with Crippen molar-refractivity contribution < 1.29 is 4.74 Å². The Morgan fingerprint density at radius 1 is 1.37 bits per heavy atom. The molecule has 0 bridgehead atoms. The van der Waals surface area contributed by atoms with E-state index in [9.17, 15) is 0 Å². The second-order valence-corrected chi connectivity index (χ2v) is 5.79. The molecular formula is C15H25N3O. The van der Waals surface area contributed by atoms with Crippen molar-refractivity contribution in [3.05, 3.63) is 12.3 Å². The van der Waals surface area contributed by atoms with Gasteiger partial charge in [0.05, 0.1) is 6.10 Å². The summed E-state index contributed by atoms with van der Waals surface area (Å²) in [5, 5.41) is 3.36. The molecule has 1 aromatic heterocycles. The third kappa shape index (κ3) is 4.37. The normalized spacial score (nSPS) is 23.4. The molecule has 0 spiro atoms. The zero-order chi connectivity index (χ0) is 13.7. The quantitative estimate of drug-likeness (QED) is 0.883. The smallest absolute Gasteiger partial charge is 0.225 e. The summed E-state index contributed by atoms with van der Waals surface area (Å²) < 4.78 is 5.58. The van der Waals surface area contributed by atoms with Crippen LogP contribution in [0.15, 0.2) is 12.3 Å². The van der Waals surface area contributed by atoms with Gasteiger partial charge in [0.15, 0.2) is 0 Å². The predicted molar refractivity (Wildman–Crippen MR) is 77.4 cm³/mol. The first-order valence-electron chi connectivity index (χ1n) is 7.38. The van der Waals surface area contributed by atoms with E-state index in [4.69, 9.17) is 4.74 Å². The van der Waals surface area contributed by atoms with Gasteiger partial charge >= 0.3 is 0 Å². The molecule has 2 atom stereocenters. The first-order valence-corrected chi connectivity index (χ1v) is 7.38. The fourth-order valence-electron chi connectivity index (χ4n) is 2.65. The number of aromatic nitrogens is 2. The zero-order valence-electron chi connectivity index (χ0n) is 12.2. The van der Waals surface area contributed by atoms with E-state index in [1.54, 1.807) is 12.3 Å². The van der Waals surface area contributed by atoms with Crippen LogP contribution in [0.4, 0.5) is 5.95 Å². The Morgan fingerprint density at radius 2 is 2.16 bits per heavy atom. The Hall–Kier alpha value is -1.32.